The van der Waals surface area contributed by atoms with Crippen molar-refractivity contribution in [2.45, 2.75) is 31.2 Å². The van der Waals surface area contributed by atoms with Crippen molar-refractivity contribution in [3.63, 3.8) is 0 Å². The first-order valence-electron chi connectivity index (χ1n) is 2.70. The third kappa shape index (κ3) is 2.14. The quantitative estimate of drug-likeness (QED) is 0.593. The summed E-state index contributed by atoms with van der Waals surface area (Å²) >= 11 is 3.43. The summed E-state index contributed by atoms with van der Waals surface area (Å²) in [7, 11) is 1.72. The van der Waals surface area contributed by atoms with Gasteiger partial charge in [0, 0.05) is 11.9 Å². The molecule has 0 saturated heterocycles. The zero-order valence-corrected chi connectivity index (χ0v) is 7.45. The van der Waals surface area contributed by atoms with Crippen molar-refractivity contribution in [1.82, 2.24) is 0 Å². The molecule has 1 atom stereocenters. The first kappa shape index (κ1) is 8.44. The third-order valence-electron chi connectivity index (χ3n) is 1.48. The summed E-state index contributed by atoms with van der Waals surface area (Å²) in [5.41, 5.74) is -0.0417. The van der Waals surface area contributed by atoms with Gasteiger partial charge in [0.25, 0.3) is 0 Å². The standard InChI is InChI=1S/C6H13BrO/c1-5(7)6(2,3)8-4/h5H,1-4H3. The molecule has 0 aromatic carbocycles. The van der Waals surface area contributed by atoms with Crippen molar-refractivity contribution in [1.29, 1.82) is 0 Å². The SMILES string of the molecule is COC(C)(C)C(C)Br. The molecule has 50 valence electrons. The van der Waals surface area contributed by atoms with Gasteiger partial charge >= 0.3 is 0 Å². The fourth-order valence-corrected chi connectivity index (χ4v) is 0.349. The Morgan fingerprint density at radius 3 is 1.88 bits per heavy atom. The van der Waals surface area contributed by atoms with E-state index >= 15 is 0 Å². The maximum atomic E-state index is 5.15. The average molecular weight is 181 g/mol. The van der Waals surface area contributed by atoms with E-state index in [1.165, 1.54) is 0 Å². The molecule has 0 aromatic heterocycles. The van der Waals surface area contributed by atoms with Crippen LogP contribution >= 0.6 is 15.9 Å². The van der Waals surface area contributed by atoms with Gasteiger partial charge in [0.15, 0.2) is 0 Å². The number of ether oxygens (including phenoxy) is 1. The second-order valence-corrected chi connectivity index (χ2v) is 3.80. The van der Waals surface area contributed by atoms with E-state index < -0.39 is 0 Å². The molecule has 0 radical (unpaired) electrons. The van der Waals surface area contributed by atoms with Gasteiger partial charge in [-0.15, -0.1) is 0 Å². The highest BCUT2D eigenvalue weighted by Crippen LogP contribution is 2.19. The van der Waals surface area contributed by atoms with Gasteiger partial charge in [-0.25, -0.2) is 0 Å². The monoisotopic (exact) mass is 180 g/mol. The highest BCUT2D eigenvalue weighted by Gasteiger charge is 2.21. The second kappa shape index (κ2) is 2.83. The van der Waals surface area contributed by atoms with Crippen LogP contribution in [0, 0.1) is 0 Å². The molecule has 0 rings (SSSR count). The van der Waals surface area contributed by atoms with E-state index in [1.54, 1.807) is 7.11 Å². The predicted octanol–water partition coefficient (Wildman–Crippen LogP) is 2.19. The minimum atomic E-state index is -0.0417. The first-order chi connectivity index (χ1) is 3.50. The number of alkyl halides is 1. The Morgan fingerprint density at radius 2 is 1.88 bits per heavy atom. The van der Waals surface area contributed by atoms with E-state index in [9.17, 15) is 0 Å². The number of methoxy groups -OCH3 is 1. The van der Waals surface area contributed by atoms with Gasteiger partial charge in [0.1, 0.15) is 0 Å². The smallest absolute Gasteiger partial charge is 0.0744 e. The van der Waals surface area contributed by atoms with E-state index in [4.69, 9.17) is 4.74 Å². The molecular formula is C6H13BrO. The average Bonchev–Trinajstić information content (AvgIpc) is 1.67. The van der Waals surface area contributed by atoms with Gasteiger partial charge in [-0.1, -0.05) is 15.9 Å². The van der Waals surface area contributed by atoms with E-state index in [0.29, 0.717) is 4.83 Å². The maximum Gasteiger partial charge on any atom is 0.0744 e. The molecule has 0 saturated carbocycles. The fourth-order valence-electron chi connectivity index (χ4n) is 0.162. The van der Waals surface area contributed by atoms with Crippen LogP contribution in [-0.2, 0) is 4.74 Å². The van der Waals surface area contributed by atoms with Crippen LogP contribution < -0.4 is 0 Å². The Hall–Kier alpha value is 0.440. The molecule has 0 N–H and O–H groups in total. The summed E-state index contributed by atoms with van der Waals surface area (Å²) in [4.78, 5) is 0.403. The van der Waals surface area contributed by atoms with Crippen LogP contribution in [0.15, 0.2) is 0 Å². The topological polar surface area (TPSA) is 9.23 Å². The largest absolute Gasteiger partial charge is 0.378 e. The highest BCUT2D eigenvalue weighted by atomic mass is 79.9. The van der Waals surface area contributed by atoms with Gasteiger partial charge in [0.05, 0.1) is 5.60 Å². The summed E-state index contributed by atoms with van der Waals surface area (Å²) < 4.78 is 5.15. The minimum absolute atomic E-state index is 0.0417. The van der Waals surface area contributed by atoms with Crippen LogP contribution in [0.3, 0.4) is 0 Å². The summed E-state index contributed by atoms with van der Waals surface area (Å²) in [5.74, 6) is 0. The molecule has 0 heterocycles. The molecule has 0 aliphatic rings. The van der Waals surface area contributed by atoms with Crippen molar-refractivity contribution in [3.8, 4) is 0 Å². The van der Waals surface area contributed by atoms with E-state index in [2.05, 4.69) is 22.9 Å². The zero-order chi connectivity index (χ0) is 6.78. The van der Waals surface area contributed by atoms with Crippen molar-refractivity contribution in [2.24, 2.45) is 0 Å². The number of hydrogen-bond acceptors (Lipinski definition) is 1. The van der Waals surface area contributed by atoms with Gasteiger partial charge < -0.3 is 4.74 Å². The molecule has 0 spiro atoms. The molecule has 0 fully saturated rings. The van der Waals surface area contributed by atoms with Crippen molar-refractivity contribution in [3.05, 3.63) is 0 Å². The molecule has 1 unspecified atom stereocenters. The van der Waals surface area contributed by atoms with Crippen molar-refractivity contribution < 1.29 is 4.74 Å². The Kier molecular flexibility index (Phi) is 2.99. The third-order valence-corrected chi connectivity index (χ3v) is 2.59. The zero-order valence-electron chi connectivity index (χ0n) is 5.86. The summed E-state index contributed by atoms with van der Waals surface area (Å²) in [6.45, 7) is 6.17. The number of rotatable bonds is 2. The first-order valence-corrected chi connectivity index (χ1v) is 3.61. The molecule has 0 amide bonds. The molecule has 0 aromatic rings. The summed E-state index contributed by atoms with van der Waals surface area (Å²) in [6.07, 6.45) is 0. The number of hydrogen-bond donors (Lipinski definition) is 0. The van der Waals surface area contributed by atoms with Crippen molar-refractivity contribution >= 4 is 15.9 Å². The van der Waals surface area contributed by atoms with Crippen LogP contribution in [-0.4, -0.2) is 17.5 Å². The second-order valence-electron chi connectivity index (χ2n) is 2.42. The van der Waals surface area contributed by atoms with Crippen LogP contribution in [0.2, 0.25) is 0 Å². The molecule has 0 bridgehead atoms. The molecular weight excluding hydrogens is 168 g/mol. The Bertz CT molecular complexity index is 68.9. The molecule has 0 aliphatic heterocycles. The Morgan fingerprint density at radius 1 is 1.50 bits per heavy atom. The summed E-state index contributed by atoms with van der Waals surface area (Å²) in [6, 6.07) is 0. The van der Waals surface area contributed by atoms with E-state index in [0.717, 1.165) is 0 Å². The van der Waals surface area contributed by atoms with Crippen LogP contribution in [0.1, 0.15) is 20.8 Å². The molecule has 8 heavy (non-hydrogen) atoms. The Balaban J connectivity index is 3.71. The van der Waals surface area contributed by atoms with Gasteiger partial charge in [-0.05, 0) is 20.8 Å². The lowest BCUT2D eigenvalue weighted by atomic mass is 10.1. The molecule has 2 heteroatoms. The molecule has 1 nitrogen and oxygen atoms in total. The normalized spacial score (nSPS) is 16.1. The minimum Gasteiger partial charge on any atom is -0.378 e. The molecule has 0 aliphatic carbocycles. The van der Waals surface area contributed by atoms with Crippen LogP contribution in [0.4, 0.5) is 0 Å². The van der Waals surface area contributed by atoms with Gasteiger partial charge in [-0.3, -0.25) is 0 Å². The van der Waals surface area contributed by atoms with Crippen molar-refractivity contribution in [2.75, 3.05) is 7.11 Å². The van der Waals surface area contributed by atoms with E-state index in [1.807, 2.05) is 13.8 Å². The lowest BCUT2D eigenvalue weighted by Crippen LogP contribution is -2.31. The lowest BCUT2D eigenvalue weighted by Gasteiger charge is -2.25. The van der Waals surface area contributed by atoms with Gasteiger partial charge in [-0.2, -0.15) is 0 Å². The number of halogens is 1. The van der Waals surface area contributed by atoms with Crippen LogP contribution in [0.5, 0.6) is 0 Å². The highest BCUT2D eigenvalue weighted by molar-refractivity contribution is 9.09. The Labute approximate surface area is 59.5 Å². The van der Waals surface area contributed by atoms with Gasteiger partial charge in [0.2, 0.25) is 0 Å². The van der Waals surface area contributed by atoms with E-state index in [-0.39, 0.29) is 5.60 Å². The fraction of sp³-hybridized carbons (Fsp3) is 1.00. The summed E-state index contributed by atoms with van der Waals surface area (Å²) in [5, 5.41) is 0. The lowest BCUT2D eigenvalue weighted by molar-refractivity contribution is 0.0261. The maximum absolute atomic E-state index is 5.15. The predicted molar refractivity (Wildman–Crippen MR) is 39.5 cm³/mol. The van der Waals surface area contributed by atoms with Crippen LogP contribution in [0.25, 0.3) is 0 Å².